The predicted octanol–water partition coefficient (Wildman–Crippen LogP) is 1.27. The second-order valence-corrected chi connectivity index (χ2v) is 2.68. The highest BCUT2D eigenvalue weighted by Gasteiger charge is 1.92. The van der Waals surface area contributed by atoms with Gasteiger partial charge in [0.1, 0.15) is 0 Å². The zero-order valence-corrected chi connectivity index (χ0v) is 9.05. The van der Waals surface area contributed by atoms with Crippen LogP contribution in [0, 0.1) is 0 Å². The van der Waals surface area contributed by atoms with E-state index in [4.69, 9.17) is 17.3 Å². The molecule has 0 atom stereocenters. The summed E-state index contributed by atoms with van der Waals surface area (Å²) in [5.74, 6) is 0.386. The van der Waals surface area contributed by atoms with Crippen LogP contribution in [0.15, 0.2) is 29.3 Å². The molecular formula is C9H15ClN4. The monoisotopic (exact) mass is 214 g/mol. The van der Waals surface area contributed by atoms with E-state index in [0.717, 1.165) is 5.69 Å². The Morgan fingerprint density at radius 2 is 1.79 bits per heavy atom. The predicted molar refractivity (Wildman–Crippen MR) is 62.7 cm³/mol. The maximum atomic E-state index is 5.69. The highest BCUT2D eigenvalue weighted by molar-refractivity contribution is 6.30. The highest BCUT2D eigenvalue weighted by atomic mass is 35.5. The summed E-state index contributed by atoms with van der Waals surface area (Å²) in [7, 11) is 3.12. The molecule has 1 rings (SSSR count). The number of halogens is 1. The van der Waals surface area contributed by atoms with E-state index in [1.807, 2.05) is 12.1 Å². The van der Waals surface area contributed by atoms with Crippen molar-refractivity contribution in [2.45, 2.75) is 0 Å². The lowest BCUT2D eigenvalue weighted by molar-refractivity contribution is 1.38. The summed E-state index contributed by atoms with van der Waals surface area (Å²) in [4.78, 5) is 3.76. The molecule has 5 heteroatoms. The maximum Gasteiger partial charge on any atom is 0.192 e. The van der Waals surface area contributed by atoms with E-state index in [1.54, 1.807) is 19.2 Å². The molecule has 0 heterocycles. The molecule has 0 bridgehead atoms. The zero-order valence-electron chi connectivity index (χ0n) is 8.29. The molecule has 0 spiro atoms. The average Bonchev–Trinajstić information content (AvgIpc) is 2.24. The van der Waals surface area contributed by atoms with Gasteiger partial charge in [0.05, 0.1) is 0 Å². The van der Waals surface area contributed by atoms with Crippen LogP contribution in [0.2, 0.25) is 5.02 Å². The second-order valence-electron chi connectivity index (χ2n) is 2.24. The molecule has 0 fully saturated rings. The fourth-order valence-electron chi connectivity index (χ4n) is 0.737. The highest BCUT2D eigenvalue weighted by Crippen LogP contribution is 2.12. The lowest BCUT2D eigenvalue weighted by Gasteiger charge is -2.03. The van der Waals surface area contributed by atoms with Crippen LogP contribution >= 0.6 is 11.6 Å². The van der Waals surface area contributed by atoms with Gasteiger partial charge in [0.25, 0.3) is 0 Å². The van der Waals surface area contributed by atoms with Crippen LogP contribution in [0.25, 0.3) is 0 Å². The van der Waals surface area contributed by atoms with Crippen LogP contribution < -0.4 is 16.8 Å². The molecule has 0 aliphatic rings. The van der Waals surface area contributed by atoms with Crippen molar-refractivity contribution in [2.75, 3.05) is 19.4 Å². The molecule has 0 radical (unpaired) electrons. The molecule has 0 aliphatic carbocycles. The van der Waals surface area contributed by atoms with E-state index < -0.39 is 0 Å². The van der Waals surface area contributed by atoms with Gasteiger partial charge in [-0.15, -0.1) is 0 Å². The minimum atomic E-state index is 0.386. The first-order valence-corrected chi connectivity index (χ1v) is 4.43. The number of aliphatic imine (C=N–C) groups is 1. The largest absolute Gasteiger partial charge is 0.370 e. The minimum absolute atomic E-state index is 0.386. The fourth-order valence-corrected chi connectivity index (χ4v) is 0.863. The third-order valence-electron chi connectivity index (χ3n) is 1.36. The zero-order chi connectivity index (χ0) is 11.0. The van der Waals surface area contributed by atoms with Gasteiger partial charge in [-0.25, -0.2) is 0 Å². The summed E-state index contributed by atoms with van der Waals surface area (Å²) >= 11 is 5.69. The fraction of sp³-hybridized carbons (Fsp3) is 0.222. The lowest BCUT2D eigenvalue weighted by atomic mass is 10.3. The van der Waals surface area contributed by atoms with Gasteiger partial charge in [0.2, 0.25) is 0 Å². The molecule has 1 aromatic rings. The molecule has 1 aromatic carbocycles. The van der Waals surface area contributed by atoms with Gasteiger partial charge in [0.15, 0.2) is 5.96 Å². The Labute approximate surface area is 89.0 Å². The summed E-state index contributed by atoms with van der Waals surface area (Å²) in [5, 5.41) is 3.59. The van der Waals surface area contributed by atoms with E-state index in [2.05, 4.69) is 16.0 Å². The second kappa shape index (κ2) is 7.17. The van der Waals surface area contributed by atoms with Gasteiger partial charge in [0, 0.05) is 17.8 Å². The molecule has 0 unspecified atom stereocenters. The third kappa shape index (κ3) is 4.69. The average molecular weight is 215 g/mol. The Morgan fingerprint density at radius 3 is 2.21 bits per heavy atom. The first kappa shape index (κ1) is 12.7. The van der Waals surface area contributed by atoms with Crippen molar-refractivity contribution in [1.29, 1.82) is 0 Å². The number of nitrogens with one attached hydrogen (secondary N) is 1. The number of benzene rings is 1. The Morgan fingerprint density at radius 1 is 1.29 bits per heavy atom. The number of nitrogens with two attached hydrogens (primary N) is 2. The number of nitrogens with zero attached hydrogens (tertiary/aromatic N) is 1. The molecule has 0 amide bonds. The van der Waals surface area contributed by atoms with Gasteiger partial charge < -0.3 is 16.8 Å². The van der Waals surface area contributed by atoms with Crippen molar-refractivity contribution in [3.8, 4) is 0 Å². The molecule has 0 saturated carbocycles. The van der Waals surface area contributed by atoms with E-state index in [1.165, 1.54) is 7.05 Å². The number of guanidine groups is 1. The Balaban J connectivity index is 0.000000791. The van der Waals surface area contributed by atoms with Crippen LogP contribution in [-0.2, 0) is 0 Å². The van der Waals surface area contributed by atoms with E-state index in [9.17, 15) is 0 Å². The number of hydrogen-bond acceptors (Lipinski definition) is 2. The van der Waals surface area contributed by atoms with Gasteiger partial charge in [-0.1, -0.05) is 11.6 Å². The molecule has 0 aromatic heterocycles. The van der Waals surface area contributed by atoms with E-state index >= 15 is 0 Å². The Bertz CT molecular complexity index is 281. The lowest BCUT2D eigenvalue weighted by Crippen LogP contribution is -2.21. The molecule has 78 valence electrons. The molecular weight excluding hydrogens is 200 g/mol. The topological polar surface area (TPSA) is 76.4 Å². The molecule has 5 N–H and O–H groups in total. The summed E-state index contributed by atoms with van der Waals surface area (Å²) in [5.41, 5.74) is 10.8. The van der Waals surface area contributed by atoms with Crippen molar-refractivity contribution >= 4 is 23.2 Å². The summed E-state index contributed by atoms with van der Waals surface area (Å²) in [6, 6.07) is 7.24. The van der Waals surface area contributed by atoms with Crippen LogP contribution in [0.4, 0.5) is 5.69 Å². The van der Waals surface area contributed by atoms with Crippen molar-refractivity contribution < 1.29 is 0 Å². The number of hydrogen-bond donors (Lipinski definition) is 3. The number of anilines is 1. The summed E-state index contributed by atoms with van der Waals surface area (Å²) < 4.78 is 0. The minimum Gasteiger partial charge on any atom is -0.370 e. The van der Waals surface area contributed by atoms with Gasteiger partial charge >= 0.3 is 0 Å². The number of rotatable bonds is 1. The first-order valence-electron chi connectivity index (χ1n) is 4.05. The van der Waals surface area contributed by atoms with Crippen LogP contribution in [0.1, 0.15) is 0 Å². The third-order valence-corrected chi connectivity index (χ3v) is 1.61. The molecule has 4 nitrogen and oxygen atoms in total. The summed E-state index contributed by atoms with van der Waals surface area (Å²) in [6.07, 6.45) is 0. The molecule has 0 aliphatic heterocycles. The van der Waals surface area contributed by atoms with Gasteiger partial charge in [-0.05, 0) is 31.3 Å². The smallest absolute Gasteiger partial charge is 0.192 e. The van der Waals surface area contributed by atoms with Crippen molar-refractivity contribution in [2.24, 2.45) is 16.5 Å². The Kier molecular flexibility index (Phi) is 6.53. The van der Waals surface area contributed by atoms with Crippen LogP contribution in [0.3, 0.4) is 0 Å². The molecule has 14 heavy (non-hydrogen) atoms. The van der Waals surface area contributed by atoms with Gasteiger partial charge in [-0.3, -0.25) is 4.99 Å². The van der Waals surface area contributed by atoms with Crippen molar-refractivity contribution in [3.63, 3.8) is 0 Å². The SMILES string of the molecule is CN.CN=C(N)Nc1ccc(Cl)cc1. The normalized spacial score (nSPS) is 10.1. The quantitative estimate of drug-likeness (QED) is 0.487. The van der Waals surface area contributed by atoms with Gasteiger partial charge in [-0.2, -0.15) is 0 Å². The molecule has 0 saturated heterocycles. The Hall–Kier alpha value is -1.26. The van der Waals surface area contributed by atoms with E-state index in [-0.39, 0.29) is 0 Å². The van der Waals surface area contributed by atoms with Crippen LogP contribution in [0.5, 0.6) is 0 Å². The van der Waals surface area contributed by atoms with Crippen LogP contribution in [-0.4, -0.2) is 20.1 Å². The maximum absolute atomic E-state index is 5.69. The standard InChI is InChI=1S/C8H10ClN3.CH5N/c1-11-8(10)12-7-4-2-6(9)3-5-7;1-2/h2-5H,1H3,(H3,10,11,12);2H2,1H3. The van der Waals surface area contributed by atoms with Crippen molar-refractivity contribution in [1.82, 2.24) is 0 Å². The first-order chi connectivity index (χ1) is 6.72. The summed E-state index contributed by atoms with van der Waals surface area (Å²) in [6.45, 7) is 0. The van der Waals surface area contributed by atoms with Crippen molar-refractivity contribution in [3.05, 3.63) is 29.3 Å². The van der Waals surface area contributed by atoms with E-state index in [0.29, 0.717) is 11.0 Å².